The van der Waals surface area contributed by atoms with Crippen molar-refractivity contribution < 1.29 is 8.78 Å². The molecule has 0 radical (unpaired) electrons. The van der Waals surface area contributed by atoms with Gasteiger partial charge in [0.15, 0.2) is 0 Å². The van der Waals surface area contributed by atoms with Crippen molar-refractivity contribution in [2.24, 2.45) is 0 Å². The lowest BCUT2D eigenvalue weighted by atomic mass is 10.2. The average Bonchev–Trinajstić information content (AvgIpc) is 3.11. The minimum absolute atomic E-state index is 0.226. The third kappa shape index (κ3) is 4.76. The predicted octanol–water partition coefficient (Wildman–Crippen LogP) is 3.64. The van der Waals surface area contributed by atoms with Gasteiger partial charge in [-0.2, -0.15) is 4.98 Å². The van der Waals surface area contributed by atoms with Crippen molar-refractivity contribution in [2.75, 3.05) is 19.6 Å². The van der Waals surface area contributed by atoms with Crippen LogP contribution in [0.3, 0.4) is 0 Å². The predicted molar refractivity (Wildman–Crippen MR) is 104 cm³/mol. The van der Waals surface area contributed by atoms with E-state index in [1.165, 1.54) is 23.9 Å². The molecule has 1 aliphatic carbocycles. The fourth-order valence-electron chi connectivity index (χ4n) is 3.56. The molecular weight excluding hydrogens is 368 g/mol. The van der Waals surface area contributed by atoms with E-state index >= 15 is 0 Å². The summed E-state index contributed by atoms with van der Waals surface area (Å²) in [6.07, 6.45) is 2.79. The van der Waals surface area contributed by atoms with Gasteiger partial charge in [-0.1, -0.05) is 13.8 Å². The maximum atomic E-state index is 13.4. The Morgan fingerprint density at radius 2 is 1.85 bits per heavy atom. The van der Waals surface area contributed by atoms with Gasteiger partial charge in [-0.05, 0) is 50.0 Å². The van der Waals surface area contributed by atoms with Crippen LogP contribution in [0.25, 0.3) is 0 Å². The molecule has 7 heteroatoms. The molecule has 1 aromatic heterocycles. The molecule has 0 atom stereocenters. The van der Waals surface area contributed by atoms with Gasteiger partial charge >= 0.3 is 5.69 Å². The fourth-order valence-corrected chi connectivity index (χ4v) is 4.57. The second kappa shape index (κ2) is 8.97. The van der Waals surface area contributed by atoms with Crippen molar-refractivity contribution in [3.63, 3.8) is 0 Å². The zero-order valence-corrected chi connectivity index (χ0v) is 16.6. The molecule has 1 heterocycles. The molecule has 2 aromatic rings. The van der Waals surface area contributed by atoms with Gasteiger partial charge in [0.2, 0.25) is 0 Å². The molecule has 146 valence electrons. The molecule has 0 N–H and O–H groups in total. The minimum Gasteiger partial charge on any atom is -0.302 e. The number of hydrogen-bond acceptors (Lipinski definition) is 4. The number of likely N-dealkylation sites (N-methyl/N-ethyl adjacent to an activating group) is 1. The van der Waals surface area contributed by atoms with E-state index in [1.54, 1.807) is 0 Å². The molecule has 27 heavy (non-hydrogen) atoms. The standard InChI is InChI=1S/C20H25F2N3OS/c1-3-24(4-2)8-9-25-18-7-5-6-17(18)19(23-20(25)26)27-13-14-10-15(21)12-16(22)11-14/h10-12H,3-9,13H2,1-2H3. The Kier molecular flexibility index (Phi) is 6.65. The second-order valence-electron chi connectivity index (χ2n) is 6.72. The lowest BCUT2D eigenvalue weighted by Crippen LogP contribution is -2.33. The van der Waals surface area contributed by atoms with Gasteiger partial charge < -0.3 is 4.90 Å². The third-order valence-electron chi connectivity index (χ3n) is 5.03. The van der Waals surface area contributed by atoms with Crippen molar-refractivity contribution in [2.45, 2.75) is 50.4 Å². The highest BCUT2D eigenvalue weighted by Crippen LogP contribution is 2.31. The molecule has 1 aromatic carbocycles. The molecule has 1 aliphatic rings. The van der Waals surface area contributed by atoms with Crippen LogP contribution in [0.1, 0.15) is 37.1 Å². The summed E-state index contributed by atoms with van der Waals surface area (Å²) in [7, 11) is 0. The second-order valence-corrected chi connectivity index (χ2v) is 7.69. The molecule has 0 spiro atoms. The van der Waals surface area contributed by atoms with Gasteiger partial charge in [0.25, 0.3) is 0 Å². The monoisotopic (exact) mass is 393 g/mol. The van der Waals surface area contributed by atoms with Crippen LogP contribution < -0.4 is 5.69 Å². The Morgan fingerprint density at radius 1 is 1.15 bits per heavy atom. The van der Waals surface area contributed by atoms with Gasteiger partial charge in [0.05, 0.1) is 0 Å². The quantitative estimate of drug-likeness (QED) is 0.507. The number of nitrogens with zero attached hydrogens (tertiary/aromatic N) is 3. The van der Waals surface area contributed by atoms with Crippen molar-refractivity contribution in [3.05, 3.63) is 57.1 Å². The van der Waals surface area contributed by atoms with Crippen LogP contribution in [-0.4, -0.2) is 34.1 Å². The van der Waals surface area contributed by atoms with E-state index in [0.29, 0.717) is 22.9 Å². The molecule has 0 bridgehead atoms. The van der Waals surface area contributed by atoms with Crippen LogP contribution in [0.4, 0.5) is 8.78 Å². The van der Waals surface area contributed by atoms with Crippen LogP contribution in [-0.2, 0) is 25.1 Å². The smallest absolute Gasteiger partial charge is 0.302 e. The van der Waals surface area contributed by atoms with Crippen LogP contribution in [0, 0.1) is 11.6 Å². The Morgan fingerprint density at radius 3 is 2.52 bits per heavy atom. The van der Waals surface area contributed by atoms with E-state index in [0.717, 1.165) is 56.2 Å². The zero-order valence-electron chi connectivity index (χ0n) is 15.8. The van der Waals surface area contributed by atoms with Gasteiger partial charge in [-0.15, -0.1) is 11.8 Å². The number of aromatic nitrogens is 2. The van der Waals surface area contributed by atoms with E-state index in [1.807, 2.05) is 4.57 Å². The Labute approximate surface area is 162 Å². The van der Waals surface area contributed by atoms with E-state index in [4.69, 9.17) is 0 Å². The van der Waals surface area contributed by atoms with E-state index < -0.39 is 11.6 Å². The molecule has 0 amide bonds. The Balaban J connectivity index is 1.80. The highest BCUT2D eigenvalue weighted by molar-refractivity contribution is 7.98. The van der Waals surface area contributed by atoms with Gasteiger partial charge in [0.1, 0.15) is 16.7 Å². The number of halogens is 2. The highest BCUT2D eigenvalue weighted by atomic mass is 32.2. The summed E-state index contributed by atoms with van der Waals surface area (Å²) in [5.74, 6) is -0.789. The van der Waals surface area contributed by atoms with Crippen molar-refractivity contribution in [3.8, 4) is 0 Å². The maximum Gasteiger partial charge on any atom is 0.348 e. The van der Waals surface area contributed by atoms with E-state index in [2.05, 4.69) is 23.7 Å². The number of hydrogen-bond donors (Lipinski definition) is 0. The first-order valence-electron chi connectivity index (χ1n) is 9.44. The van der Waals surface area contributed by atoms with Crippen LogP contribution >= 0.6 is 11.8 Å². The topological polar surface area (TPSA) is 38.1 Å². The summed E-state index contributed by atoms with van der Waals surface area (Å²) in [5.41, 5.74) is 2.53. The number of thioether (sulfide) groups is 1. The molecular formula is C20H25F2N3OS. The average molecular weight is 394 g/mol. The van der Waals surface area contributed by atoms with Crippen molar-refractivity contribution >= 4 is 11.8 Å². The largest absolute Gasteiger partial charge is 0.348 e. The molecule has 0 saturated heterocycles. The molecule has 0 unspecified atom stereocenters. The van der Waals surface area contributed by atoms with Crippen LogP contribution in [0.2, 0.25) is 0 Å². The Hall–Kier alpha value is -1.73. The minimum atomic E-state index is -0.587. The summed E-state index contributed by atoms with van der Waals surface area (Å²) >= 11 is 1.38. The SMILES string of the molecule is CCN(CC)CCn1c2c(c(SCc3cc(F)cc(F)c3)nc1=O)CCC2. The highest BCUT2D eigenvalue weighted by Gasteiger charge is 2.22. The first-order valence-corrected chi connectivity index (χ1v) is 10.4. The summed E-state index contributed by atoms with van der Waals surface area (Å²) < 4.78 is 28.6. The fraction of sp³-hybridized carbons (Fsp3) is 0.500. The first kappa shape index (κ1) is 20.0. The summed E-state index contributed by atoms with van der Waals surface area (Å²) in [4.78, 5) is 19.2. The van der Waals surface area contributed by atoms with Gasteiger partial charge in [-0.3, -0.25) is 4.57 Å². The Bertz CT molecular complexity index is 845. The number of fused-ring (bicyclic) bond motifs is 1. The van der Waals surface area contributed by atoms with Crippen LogP contribution in [0.15, 0.2) is 28.0 Å². The number of benzene rings is 1. The lowest BCUT2D eigenvalue weighted by Gasteiger charge is -2.20. The number of rotatable bonds is 8. The van der Waals surface area contributed by atoms with Crippen LogP contribution in [0.5, 0.6) is 0 Å². The molecule has 0 fully saturated rings. The summed E-state index contributed by atoms with van der Waals surface area (Å²) in [6.45, 7) is 7.62. The normalized spacial score (nSPS) is 13.4. The summed E-state index contributed by atoms with van der Waals surface area (Å²) in [6, 6.07) is 3.50. The van der Waals surface area contributed by atoms with Crippen molar-refractivity contribution in [1.29, 1.82) is 0 Å². The molecule has 0 aliphatic heterocycles. The van der Waals surface area contributed by atoms with Gasteiger partial charge in [0, 0.05) is 36.2 Å². The van der Waals surface area contributed by atoms with Crippen molar-refractivity contribution in [1.82, 2.24) is 14.5 Å². The zero-order chi connectivity index (χ0) is 19.4. The van der Waals surface area contributed by atoms with E-state index in [-0.39, 0.29) is 5.69 Å². The lowest BCUT2D eigenvalue weighted by molar-refractivity contribution is 0.286. The summed E-state index contributed by atoms with van der Waals surface area (Å²) in [5, 5.41) is 0.705. The molecule has 3 rings (SSSR count). The molecule has 4 nitrogen and oxygen atoms in total. The third-order valence-corrected chi connectivity index (χ3v) is 6.12. The van der Waals surface area contributed by atoms with Gasteiger partial charge in [-0.25, -0.2) is 13.6 Å². The van der Waals surface area contributed by atoms with E-state index in [9.17, 15) is 13.6 Å². The first-order chi connectivity index (χ1) is 13.0. The molecule has 0 saturated carbocycles. The maximum absolute atomic E-state index is 13.4.